The van der Waals surface area contributed by atoms with Crippen LogP contribution in [0.25, 0.3) is 5.69 Å². The fourth-order valence-electron chi connectivity index (χ4n) is 4.68. The van der Waals surface area contributed by atoms with Crippen LogP contribution >= 0.6 is 12.2 Å². The van der Waals surface area contributed by atoms with Gasteiger partial charge in [-0.1, -0.05) is 6.07 Å². The van der Waals surface area contributed by atoms with Gasteiger partial charge in [0.2, 0.25) is 0 Å². The van der Waals surface area contributed by atoms with Crippen molar-refractivity contribution >= 4 is 23.0 Å². The van der Waals surface area contributed by atoms with Gasteiger partial charge in [0.15, 0.2) is 5.11 Å². The molecule has 0 aliphatic carbocycles. The van der Waals surface area contributed by atoms with Crippen molar-refractivity contribution in [3.05, 3.63) is 77.4 Å². The highest BCUT2D eigenvalue weighted by atomic mass is 32.1. The number of likely N-dealkylation sites (N-methyl/N-ethyl adjacent to an activating group) is 1. The summed E-state index contributed by atoms with van der Waals surface area (Å²) in [5.74, 6) is 0. The van der Waals surface area contributed by atoms with Gasteiger partial charge in [0.25, 0.3) is 0 Å². The molecule has 3 heterocycles. The molecule has 0 saturated carbocycles. The first-order valence-electron chi connectivity index (χ1n) is 11.4. The molecular weight excluding hydrogens is 428 g/mol. The van der Waals surface area contributed by atoms with Crippen LogP contribution in [0.1, 0.15) is 34.7 Å². The van der Waals surface area contributed by atoms with E-state index >= 15 is 0 Å². The Labute approximate surface area is 202 Å². The summed E-state index contributed by atoms with van der Waals surface area (Å²) < 4.78 is 2.34. The Morgan fingerprint density at radius 2 is 1.76 bits per heavy atom. The van der Waals surface area contributed by atoms with Gasteiger partial charge in [-0.15, -0.1) is 0 Å². The van der Waals surface area contributed by atoms with E-state index in [1.807, 2.05) is 18.3 Å². The highest BCUT2D eigenvalue weighted by molar-refractivity contribution is 7.80. The zero-order valence-corrected chi connectivity index (χ0v) is 21.2. The molecule has 2 atom stereocenters. The minimum absolute atomic E-state index is 0.00549. The smallest absolute Gasteiger partial charge is 0.170 e. The highest BCUT2D eigenvalue weighted by Crippen LogP contribution is 2.41. The van der Waals surface area contributed by atoms with Crippen molar-refractivity contribution in [2.45, 2.75) is 25.9 Å². The van der Waals surface area contributed by atoms with E-state index in [1.54, 1.807) is 0 Å². The molecule has 0 amide bonds. The molecule has 1 fully saturated rings. The Morgan fingerprint density at radius 1 is 1.03 bits per heavy atom. The molecule has 33 heavy (non-hydrogen) atoms. The molecule has 0 radical (unpaired) electrons. The van der Waals surface area contributed by atoms with Gasteiger partial charge >= 0.3 is 0 Å². The van der Waals surface area contributed by atoms with Crippen molar-refractivity contribution < 1.29 is 0 Å². The maximum Gasteiger partial charge on any atom is 0.170 e. The van der Waals surface area contributed by atoms with Gasteiger partial charge in [0, 0.05) is 56.1 Å². The van der Waals surface area contributed by atoms with Crippen LogP contribution in [0.3, 0.4) is 0 Å². The summed E-state index contributed by atoms with van der Waals surface area (Å²) in [6.07, 6.45) is 1.86. The first-order chi connectivity index (χ1) is 15.8. The molecular formula is C26H34N6S. The van der Waals surface area contributed by atoms with Crippen LogP contribution in [0, 0.1) is 13.8 Å². The second kappa shape index (κ2) is 9.53. The number of hydrogen-bond acceptors (Lipinski definition) is 4. The van der Waals surface area contributed by atoms with Crippen LogP contribution < -0.4 is 10.2 Å². The van der Waals surface area contributed by atoms with Crippen LogP contribution in [0.2, 0.25) is 0 Å². The number of pyridine rings is 1. The molecule has 174 valence electrons. The summed E-state index contributed by atoms with van der Waals surface area (Å²) in [4.78, 5) is 11.3. The number of aromatic nitrogens is 2. The summed E-state index contributed by atoms with van der Waals surface area (Å²) in [6.45, 7) is 6.17. The lowest BCUT2D eigenvalue weighted by Crippen LogP contribution is -2.35. The van der Waals surface area contributed by atoms with Crippen molar-refractivity contribution in [2.75, 3.05) is 46.2 Å². The quantitative estimate of drug-likeness (QED) is 0.534. The van der Waals surface area contributed by atoms with E-state index in [1.165, 1.54) is 28.3 Å². The second-order valence-corrected chi connectivity index (χ2v) is 9.58. The van der Waals surface area contributed by atoms with E-state index in [2.05, 4.69) is 108 Å². The van der Waals surface area contributed by atoms with Crippen molar-refractivity contribution in [3.63, 3.8) is 0 Å². The standard InChI is InChI=1S/C26H34N6S/c1-18-17-22(19(2)32(18)21-12-10-20(11-13-21)30(5)6)25-24(23-9-7-8-14-27-23)28-26(33)31(25)16-15-29(3)4/h7-14,17,24-25H,15-16H2,1-6H3,(H,28,33)/t24-,25-/m0/s1. The van der Waals surface area contributed by atoms with Crippen molar-refractivity contribution in [2.24, 2.45) is 0 Å². The first kappa shape index (κ1) is 23.3. The lowest BCUT2D eigenvalue weighted by atomic mass is 9.97. The molecule has 3 aromatic rings. The third kappa shape index (κ3) is 4.61. The minimum Gasteiger partial charge on any atom is -0.378 e. The van der Waals surface area contributed by atoms with Gasteiger partial charge in [0.1, 0.15) is 0 Å². The molecule has 7 heteroatoms. The van der Waals surface area contributed by atoms with Crippen LogP contribution in [0.15, 0.2) is 54.7 Å². The monoisotopic (exact) mass is 462 g/mol. The van der Waals surface area contributed by atoms with Crippen LogP contribution in [-0.4, -0.2) is 65.7 Å². The Morgan fingerprint density at radius 3 is 2.36 bits per heavy atom. The number of hydrogen-bond donors (Lipinski definition) is 1. The zero-order chi connectivity index (χ0) is 23.7. The van der Waals surface area contributed by atoms with Gasteiger partial charge < -0.3 is 24.6 Å². The van der Waals surface area contributed by atoms with Crippen LogP contribution in [-0.2, 0) is 0 Å². The molecule has 0 spiro atoms. The molecule has 1 N–H and O–H groups in total. The molecule has 1 aliphatic rings. The minimum atomic E-state index is 0.00549. The SMILES string of the molecule is Cc1cc([C@H]2[C@H](c3ccccn3)NC(=S)N2CCN(C)C)c(C)n1-c1ccc(N(C)C)cc1. The van der Waals surface area contributed by atoms with E-state index < -0.39 is 0 Å². The number of nitrogens with zero attached hydrogens (tertiary/aromatic N) is 5. The van der Waals surface area contributed by atoms with E-state index in [0.717, 1.165) is 23.9 Å². The number of nitrogens with one attached hydrogen (secondary N) is 1. The Balaban J connectivity index is 1.77. The zero-order valence-electron chi connectivity index (χ0n) is 20.4. The summed E-state index contributed by atoms with van der Waals surface area (Å²) in [6, 6.07) is 17.2. The van der Waals surface area contributed by atoms with Gasteiger partial charge in [-0.25, -0.2) is 0 Å². The molecule has 4 rings (SSSR count). The average Bonchev–Trinajstić information content (AvgIpc) is 3.27. The van der Waals surface area contributed by atoms with E-state index in [0.29, 0.717) is 0 Å². The molecule has 0 bridgehead atoms. The Kier molecular flexibility index (Phi) is 6.72. The topological polar surface area (TPSA) is 39.6 Å². The second-order valence-electron chi connectivity index (χ2n) is 9.20. The maximum atomic E-state index is 5.82. The number of benzene rings is 1. The third-order valence-electron chi connectivity index (χ3n) is 6.40. The first-order valence-corrected chi connectivity index (χ1v) is 11.8. The maximum absolute atomic E-state index is 5.82. The van der Waals surface area contributed by atoms with Crippen molar-refractivity contribution in [1.82, 2.24) is 24.7 Å². The van der Waals surface area contributed by atoms with Crippen LogP contribution in [0.5, 0.6) is 0 Å². The fourth-order valence-corrected chi connectivity index (χ4v) is 5.01. The van der Waals surface area contributed by atoms with Crippen LogP contribution in [0.4, 0.5) is 5.69 Å². The van der Waals surface area contributed by atoms with E-state index in [-0.39, 0.29) is 12.1 Å². The number of rotatable bonds is 7. The van der Waals surface area contributed by atoms with Gasteiger partial charge in [-0.3, -0.25) is 4.98 Å². The molecule has 2 aromatic heterocycles. The van der Waals surface area contributed by atoms with E-state index in [9.17, 15) is 0 Å². The summed E-state index contributed by atoms with van der Waals surface area (Å²) in [7, 11) is 8.33. The average molecular weight is 463 g/mol. The molecule has 0 unspecified atom stereocenters. The molecule has 6 nitrogen and oxygen atoms in total. The predicted octanol–water partition coefficient (Wildman–Crippen LogP) is 4.09. The van der Waals surface area contributed by atoms with Gasteiger partial charge in [0.05, 0.1) is 17.8 Å². The van der Waals surface area contributed by atoms with Gasteiger partial charge in [-0.2, -0.15) is 0 Å². The third-order valence-corrected chi connectivity index (χ3v) is 6.75. The summed E-state index contributed by atoms with van der Waals surface area (Å²) >= 11 is 5.82. The summed E-state index contributed by atoms with van der Waals surface area (Å²) in [5.41, 5.74) is 7.10. The van der Waals surface area contributed by atoms with Gasteiger partial charge in [-0.05, 0) is 88.2 Å². The highest BCUT2D eigenvalue weighted by Gasteiger charge is 2.41. The lowest BCUT2D eigenvalue weighted by molar-refractivity contribution is 0.277. The number of thiocarbonyl (C=S) groups is 1. The fraction of sp³-hybridized carbons (Fsp3) is 0.385. The number of aryl methyl sites for hydroxylation is 1. The molecule has 1 aromatic carbocycles. The lowest BCUT2D eigenvalue weighted by Gasteiger charge is -2.29. The van der Waals surface area contributed by atoms with Crippen molar-refractivity contribution in [1.29, 1.82) is 0 Å². The Hall–Kier alpha value is -2.90. The Bertz CT molecular complexity index is 1100. The normalized spacial score (nSPS) is 18.2. The largest absolute Gasteiger partial charge is 0.378 e. The van der Waals surface area contributed by atoms with Crippen molar-refractivity contribution in [3.8, 4) is 5.69 Å². The van der Waals surface area contributed by atoms with E-state index in [4.69, 9.17) is 12.2 Å². The predicted molar refractivity (Wildman–Crippen MR) is 140 cm³/mol. The summed E-state index contributed by atoms with van der Waals surface area (Å²) in [5, 5.41) is 4.36. The number of anilines is 1. The molecule has 1 aliphatic heterocycles. The molecule has 1 saturated heterocycles.